The zero-order chi connectivity index (χ0) is 16.9. The Hall–Kier alpha value is -0.980. The highest BCUT2D eigenvalue weighted by molar-refractivity contribution is 7.92. The van der Waals surface area contributed by atoms with E-state index in [-0.39, 0.29) is 17.5 Å². The summed E-state index contributed by atoms with van der Waals surface area (Å²) in [5.41, 5.74) is 0.302. The standard InChI is InChI=1S/C14H20Cl2N2O3S/c1-10(2)6-7-17-14(19)9-18(22(3,20)21)11-4-5-12(15)13(16)8-11/h4-5,8,10H,6-7,9H2,1-3H3,(H,17,19). The van der Waals surface area contributed by atoms with Crippen LogP contribution in [-0.2, 0) is 14.8 Å². The summed E-state index contributed by atoms with van der Waals surface area (Å²) in [6.45, 7) is 4.31. The summed E-state index contributed by atoms with van der Waals surface area (Å²) in [5.74, 6) is 0.0959. The highest BCUT2D eigenvalue weighted by Crippen LogP contribution is 2.28. The van der Waals surface area contributed by atoms with Crippen LogP contribution >= 0.6 is 23.2 Å². The van der Waals surface area contributed by atoms with Gasteiger partial charge >= 0.3 is 0 Å². The Kier molecular flexibility index (Phi) is 6.97. The molecular weight excluding hydrogens is 347 g/mol. The molecule has 0 spiro atoms. The van der Waals surface area contributed by atoms with Crippen molar-refractivity contribution in [1.82, 2.24) is 5.32 Å². The van der Waals surface area contributed by atoms with Crippen molar-refractivity contribution in [2.24, 2.45) is 5.92 Å². The normalized spacial score (nSPS) is 11.5. The minimum absolute atomic E-state index is 0.230. The smallest absolute Gasteiger partial charge is 0.240 e. The minimum Gasteiger partial charge on any atom is -0.355 e. The van der Waals surface area contributed by atoms with Crippen molar-refractivity contribution >= 4 is 44.8 Å². The largest absolute Gasteiger partial charge is 0.355 e. The van der Waals surface area contributed by atoms with Gasteiger partial charge in [0.1, 0.15) is 6.54 Å². The van der Waals surface area contributed by atoms with Gasteiger partial charge in [0.2, 0.25) is 15.9 Å². The van der Waals surface area contributed by atoms with E-state index in [0.717, 1.165) is 17.0 Å². The molecule has 124 valence electrons. The first-order chi connectivity index (χ1) is 10.1. The minimum atomic E-state index is -3.61. The number of benzene rings is 1. The molecule has 0 fully saturated rings. The SMILES string of the molecule is CC(C)CCNC(=O)CN(c1ccc(Cl)c(Cl)c1)S(C)(=O)=O. The lowest BCUT2D eigenvalue weighted by Crippen LogP contribution is -2.40. The van der Waals surface area contributed by atoms with Gasteiger partial charge in [-0.25, -0.2) is 8.42 Å². The first kappa shape index (κ1) is 19.1. The molecule has 0 saturated heterocycles. The van der Waals surface area contributed by atoms with Crippen molar-refractivity contribution in [2.45, 2.75) is 20.3 Å². The van der Waals surface area contributed by atoms with Crippen molar-refractivity contribution < 1.29 is 13.2 Å². The average Bonchev–Trinajstić information content (AvgIpc) is 2.37. The zero-order valence-electron chi connectivity index (χ0n) is 12.8. The summed E-state index contributed by atoms with van der Waals surface area (Å²) in [7, 11) is -3.61. The third kappa shape index (κ3) is 6.02. The van der Waals surface area contributed by atoms with Crippen LogP contribution in [0.3, 0.4) is 0 Å². The van der Waals surface area contributed by atoms with Crippen LogP contribution in [0.2, 0.25) is 10.0 Å². The molecule has 0 aliphatic carbocycles. The van der Waals surface area contributed by atoms with Crippen molar-refractivity contribution in [2.75, 3.05) is 23.7 Å². The zero-order valence-corrected chi connectivity index (χ0v) is 15.1. The number of carbonyl (C=O) groups is 1. The van der Waals surface area contributed by atoms with Gasteiger partial charge in [-0.2, -0.15) is 0 Å². The first-order valence-electron chi connectivity index (χ1n) is 6.80. The van der Waals surface area contributed by atoms with E-state index in [1.165, 1.54) is 18.2 Å². The number of halogens is 2. The Bertz CT molecular complexity index is 633. The molecule has 0 aliphatic heterocycles. The van der Waals surface area contributed by atoms with E-state index in [0.29, 0.717) is 23.2 Å². The Morgan fingerprint density at radius 3 is 2.41 bits per heavy atom. The number of anilines is 1. The lowest BCUT2D eigenvalue weighted by atomic mass is 10.1. The quantitative estimate of drug-likeness (QED) is 0.806. The number of rotatable bonds is 7. The third-order valence-corrected chi connectivity index (χ3v) is 4.80. The number of sulfonamides is 1. The predicted octanol–water partition coefficient (Wildman–Crippen LogP) is 2.92. The van der Waals surface area contributed by atoms with Crippen molar-refractivity contribution in [3.63, 3.8) is 0 Å². The second-order valence-electron chi connectivity index (χ2n) is 5.40. The Morgan fingerprint density at radius 1 is 1.27 bits per heavy atom. The van der Waals surface area contributed by atoms with Crippen molar-refractivity contribution in [1.29, 1.82) is 0 Å². The molecule has 0 atom stereocenters. The fourth-order valence-electron chi connectivity index (χ4n) is 1.73. The van der Waals surface area contributed by atoms with Crippen LogP contribution < -0.4 is 9.62 Å². The van der Waals surface area contributed by atoms with E-state index in [2.05, 4.69) is 5.32 Å². The summed E-state index contributed by atoms with van der Waals surface area (Å²) < 4.78 is 24.8. The Labute approximate surface area is 141 Å². The second-order valence-corrected chi connectivity index (χ2v) is 8.12. The maximum atomic E-state index is 11.9. The van der Waals surface area contributed by atoms with E-state index in [9.17, 15) is 13.2 Å². The number of nitrogens with zero attached hydrogens (tertiary/aromatic N) is 1. The van der Waals surface area contributed by atoms with Gasteiger partial charge in [0.05, 0.1) is 22.0 Å². The molecule has 22 heavy (non-hydrogen) atoms. The van der Waals surface area contributed by atoms with Gasteiger partial charge in [0.15, 0.2) is 0 Å². The van der Waals surface area contributed by atoms with Gasteiger partial charge in [0, 0.05) is 6.54 Å². The molecule has 0 unspecified atom stereocenters. The molecule has 0 heterocycles. The topological polar surface area (TPSA) is 66.5 Å². The number of nitrogens with one attached hydrogen (secondary N) is 1. The van der Waals surface area contributed by atoms with Crippen LogP contribution in [0.4, 0.5) is 5.69 Å². The van der Waals surface area contributed by atoms with Crippen LogP contribution in [0.1, 0.15) is 20.3 Å². The summed E-state index contributed by atoms with van der Waals surface area (Å²) in [6.07, 6.45) is 1.87. The molecule has 1 aromatic carbocycles. The highest BCUT2D eigenvalue weighted by atomic mass is 35.5. The maximum absolute atomic E-state index is 11.9. The van der Waals surface area contributed by atoms with E-state index < -0.39 is 10.0 Å². The van der Waals surface area contributed by atoms with E-state index >= 15 is 0 Å². The van der Waals surface area contributed by atoms with Gasteiger partial charge in [-0.3, -0.25) is 9.10 Å². The molecule has 0 aliphatic rings. The molecule has 0 radical (unpaired) electrons. The van der Waals surface area contributed by atoms with E-state index in [1.54, 1.807) is 0 Å². The molecule has 0 aromatic heterocycles. The lowest BCUT2D eigenvalue weighted by Gasteiger charge is -2.22. The fraction of sp³-hybridized carbons (Fsp3) is 0.500. The number of amides is 1. The van der Waals surface area contributed by atoms with E-state index in [4.69, 9.17) is 23.2 Å². The Balaban J connectivity index is 2.86. The number of hydrogen-bond acceptors (Lipinski definition) is 3. The van der Waals surface area contributed by atoms with Crippen LogP contribution in [0.25, 0.3) is 0 Å². The van der Waals surface area contributed by atoms with Crippen LogP contribution in [0, 0.1) is 5.92 Å². The van der Waals surface area contributed by atoms with Gasteiger partial charge in [-0.15, -0.1) is 0 Å². The van der Waals surface area contributed by atoms with Gasteiger partial charge in [-0.1, -0.05) is 37.0 Å². The fourth-order valence-corrected chi connectivity index (χ4v) is 2.87. The molecule has 1 amide bonds. The van der Waals surface area contributed by atoms with Gasteiger partial charge in [-0.05, 0) is 30.5 Å². The van der Waals surface area contributed by atoms with Crippen LogP contribution in [-0.4, -0.2) is 33.7 Å². The molecule has 1 rings (SSSR count). The highest BCUT2D eigenvalue weighted by Gasteiger charge is 2.21. The molecule has 1 aromatic rings. The van der Waals surface area contributed by atoms with Gasteiger partial charge in [0.25, 0.3) is 0 Å². The number of hydrogen-bond donors (Lipinski definition) is 1. The predicted molar refractivity (Wildman–Crippen MR) is 91.1 cm³/mol. The molecular formula is C14H20Cl2N2O3S. The van der Waals surface area contributed by atoms with Crippen LogP contribution in [0.5, 0.6) is 0 Å². The molecule has 1 N–H and O–H groups in total. The summed E-state index contributed by atoms with van der Waals surface area (Å²) in [4.78, 5) is 11.9. The summed E-state index contributed by atoms with van der Waals surface area (Å²) >= 11 is 11.7. The first-order valence-corrected chi connectivity index (χ1v) is 9.41. The van der Waals surface area contributed by atoms with Gasteiger partial charge < -0.3 is 5.32 Å². The van der Waals surface area contributed by atoms with Crippen LogP contribution in [0.15, 0.2) is 18.2 Å². The Morgan fingerprint density at radius 2 is 1.91 bits per heavy atom. The second kappa shape index (κ2) is 8.04. The monoisotopic (exact) mass is 366 g/mol. The lowest BCUT2D eigenvalue weighted by molar-refractivity contribution is -0.119. The van der Waals surface area contributed by atoms with E-state index in [1.807, 2.05) is 13.8 Å². The molecule has 5 nitrogen and oxygen atoms in total. The van der Waals surface area contributed by atoms with Crippen molar-refractivity contribution in [3.8, 4) is 0 Å². The number of carbonyl (C=O) groups excluding carboxylic acids is 1. The summed E-state index contributed by atoms with van der Waals surface area (Å²) in [6, 6.07) is 4.43. The summed E-state index contributed by atoms with van der Waals surface area (Å²) in [5, 5.41) is 3.26. The van der Waals surface area contributed by atoms with Crippen molar-refractivity contribution in [3.05, 3.63) is 28.2 Å². The molecule has 0 bridgehead atoms. The maximum Gasteiger partial charge on any atom is 0.240 e. The average molecular weight is 367 g/mol. The molecule has 8 heteroatoms. The molecule has 0 saturated carbocycles. The third-order valence-electron chi connectivity index (χ3n) is 2.92.